The van der Waals surface area contributed by atoms with E-state index in [0.717, 1.165) is 19.8 Å². The zero-order valence-corrected chi connectivity index (χ0v) is 13.8. The Kier molecular flexibility index (Phi) is 5.46. The molecular weight excluding hydrogens is 252 g/mol. The first kappa shape index (κ1) is 16.2. The van der Waals surface area contributed by atoms with E-state index in [4.69, 9.17) is 9.47 Å². The first-order valence-electron chi connectivity index (χ1n) is 8.27. The molecular formula is C16H34N2O2+2. The number of quaternary nitrogens is 2. The normalized spacial score (nSPS) is 33.8. The number of nitrogens with two attached hydrogens (primary N) is 1. The van der Waals surface area contributed by atoms with Gasteiger partial charge in [0.15, 0.2) is 0 Å². The highest BCUT2D eigenvalue weighted by Crippen LogP contribution is 2.36. The van der Waals surface area contributed by atoms with Gasteiger partial charge in [0.05, 0.1) is 38.2 Å². The van der Waals surface area contributed by atoms with Crippen molar-refractivity contribution in [1.82, 2.24) is 0 Å². The van der Waals surface area contributed by atoms with Gasteiger partial charge in [0.25, 0.3) is 0 Å². The summed E-state index contributed by atoms with van der Waals surface area (Å²) in [5, 5.41) is 2.50. The lowest BCUT2D eigenvalue weighted by Crippen LogP contribution is -3.08. The molecule has 4 heteroatoms. The minimum atomic E-state index is 0.0331. The average Bonchev–Trinajstić information content (AvgIpc) is 2.79. The number of ether oxygens (including phenoxy) is 2. The van der Waals surface area contributed by atoms with Crippen LogP contribution in [0.25, 0.3) is 0 Å². The van der Waals surface area contributed by atoms with Crippen LogP contribution in [0.15, 0.2) is 0 Å². The van der Waals surface area contributed by atoms with Gasteiger partial charge in [-0.3, -0.25) is 0 Å². The maximum Gasteiger partial charge on any atom is 0.106 e. The molecule has 0 bridgehead atoms. The van der Waals surface area contributed by atoms with Crippen LogP contribution >= 0.6 is 0 Å². The van der Waals surface area contributed by atoms with E-state index in [1.54, 1.807) is 4.90 Å². The fourth-order valence-electron chi connectivity index (χ4n) is 4.14. The van der Waals surface area contributed by atoms with Gasteiger partial charge in [0, 0.05) is 13.2 Å². The maximum atomic E-state index is 5.93. The third-order valence-corrected chi connectivity index (χ3v) is 4.69. The Hall–Kier alpha value is -0.160. The predicted molar refractivity (Wildman–Crippen MR) is 80.0 cm³/mol. The Labute approximate surface area is 124 Å². The summed E-state index contributed by atoms with van der Waals surface area (Å²) >= 11 is 0. The van der Waals surface area contributed by atoms with Crippen molar-refractivity contribution in [3.63, 3.8) is 0 Å². The first-order chi connectivity index (χ1) is 9.41. The van der Waals surface area contributed by atoms with E-state index in [-0.39, 0.29) is 5.60 Å². The molecule has 0 radical (unpaired) electrons. The van der Waals surface area contributed by atoms with Crippen LogP contribution in [0.2, 0.25) is 0 Å². The van der Waals surface area contributed by atoms with E-state index in [9.17, 15) is 0 Å². The van der Waals surface area contributed by atoms with Crippen LogP contribution in [0.1, 0.15) is 39.5 Å². The van der Waals surface area contributed by atoms with Gasteiger partial charge in [-0.25, -0.2) is 0 Å². The minimum Gasteiger partial charge on any atom is -0.376 e. The van der Waals surface area contributed by atoms with Crippen molar-refractivity contribution in [3.8, 4) is 0 Å². The van der Waals surface area contributed by atoms with Crippen LogP contribution in [0.3, 0.4) is 0 Å². The predicted octanol–water partition coefficient (Wildman–Crippen LogP) is -0.551. The fourth-order valence-corrected chi connectivity index (χ4v) is 4.14. The molecule has 0 aromatic carbocycles. The summed E-state index contributed by atoms with van der Waals surface area (Å²) in [4.78, 5) is 1.55. The highest BCUT2D eigenvalue weighted by molar-refractivity contribution is 4.89. The maximum absolute atomic E-state index is 5.93. The van der Waals surface area contributed by atoms with Crippen LogP contribution in [-0.4, -0.2) is 58.6 Å². The molecule has 2 aliphatic rings. The lowest BCUT2D eigenvalue weighted by atomic mass is 9.73. The third-order valence-electron chi connectivity index (χ3n) is 4.69. The standard InChI is InChI=1S/C16H32N2O2/c1-15(2)11-16(7-9-20-15,13-18(3)4)12-17-10-14-6-5-8-19-14/h14,17H,5-13H2,1-4H3/p+2/t14-,16+/m1/s1. The van der Waals surface area contributed by atoms with Crippen molar-refractivity contribution < 1.29 is 19.7 Å². The molecule has 3 N–H and O–H groups in total. The van der Waals surface area contributed by atoms with Gasteiger partial charge >= 0.3 is 0 Å². The molecule has 118 valence electrons. The van der Waals surface area contributed by atoms with Crippen molar-refractivity contribution in [2.75, 3.05) is 46.9 Å². The first-order valence-corrected chi connectivity index (χ1v) is 8.27. The Balaban J connectivity index is 1.88. The zero-order chi connectivity index (χ0) is 14.6. The summed E-state index contributed by atoms with van der Waals surface area (Å²) in [6.07, 6.45) is 5.35. The second-order valence-corrected chi connectivity index (χ2v) is 7.78. The Morgan fingerprint density at radius 1 is 1.25 bits per heavy atom. The summed E-state index contributed by atoms with van der Waals surface area (Å²) in [5.41, 5.74) is 0.449. The molecule has 2 heterocycles. The second kappa shape index (κ2) is 6.73. The lowest BCUT2D eigenvalue weighted by molar-refractivity contribution is -0.870. The van der Waals surface area contributed by atoms with Crippen LogP contribution in [0.4, 0.5) is 0 Å². The van der Waals surface area contributed by atoms with Gasteiger partial charge in [-0.15, -0.1) is 0 Å². The van der Waals surface area contributed by atoms with Crippen molar-refractivity contribution in [3.05, 3.63) is 0 Å². The molecule has 0 saturated carbocycles. The van der Waals surface area contributed by atoms with Crippen molar-refractivity contribution in [2.45, 2.75) is 51.2 Å². The highest BCUT2D eigenvalue weighted by Gasteiger charge is 2.44. The topological polar surface area (TPSA) is 39.5 Å². The van der Waals surface area contributed by atoms with Gasteiger partial charge in [-0.05, 0) is 39.5 Å². The molecule has 20 heavy (non-hydrogen) atoms. The molecule has 0 unspecified atom stereocenters. The third kappa shape index (κ3) is 4.69. The number of rotatable bonds is 6. The molecule has 0 aromatic heterocycles. The van der Waals surface area contributed by atoms with Crippen LogP contribution < -0.4 is 10.2 Å². The van der Waals surface area contributed by atoms with E-state index < -0.39 is 0 Å². The molecule has 2 rings (SSSR count). The van der Waals surface area contributed by atoms with Gasteiger partial charge < -0.3 is 19.7 Å². The van der Waals surface area contributed by atoms with E-state index in [1.165, 1.54) is 38.8 Å². The molecule has 0 spiro atoms. The lowest BCUT2D eigenvalue weighted by Gasteiger charge is -2.43. The zero-order valence-electron chi connectivity index (χ0n) is 13.8. The molecule has 2 saturated heterocycles. The van der Waals surface area contributed by atoms with Gasteiger partial charge in [0.2, 0.25) is 0 Å². The van der Waals surface area contributed by atoms with Crippen LogP contribution in [0.5, 0.6) is 0 Å². The number of hydrogen-bond acceptors (Lipinski definition) is 2. The largest absolute Gasteiger partial charge is 0.376 e. The van der Waals surface area contributed by atoms with E-state index in [2.05, 4.69) is 33.3 Å². The van der Waals surface area contributed by atoms with E-state index in [1.807, 2.05) is 0 Å². The highest BCUT2D eigenvalue weighted by atomic mass is 16.5. The quantitative estimate of drug-likeness (QED) is 0.688. The van der Waals surface area contributed by atoms with E-state index in [0.29, 0.717) is 11.5 Å². The average molecular weight is 286 g/mol. The summed E-state index contributed by atoms with van der Waals surface area (Å²) in [5.74, 6) is 0. The summed E-state index contributed by atoms with van der Waals surface area (Å²) < 4.78 is 11.7. The summed E-state index contributed by atoms with van der Waals surface area (Å²) in [6.45, 7) is 9.94. The Bertz CT molecular complexity index is 301. The Morgan fingerprint density at radius 2 is 2.05 bits per heavy atom. The molecule has 0 aliphatic carbocycles. The monoisotopic (exact) mass is 286 g/mol. The summed E-state index contributed by atoms with van der Waals surface area (Å²) in [7, 11) is 4.54. The minimum absolute atomic E-state index is 0.0331. The van der Waals surface area contributed by atoms with Crippen LogP contribution in [-0.2, 0) is 9.47 Å². The molecule has 2 aliphatic heterocycles. The van der Waals surface area contributed by atoms with Gasteiger partial charge in [0.1, 0.15) is 12.6 Å². The van der Waals surface area contributed by atoms with Crippen LogP contribution in [0, 0.1) is 5.41 Å². The molecule has 0 amide bonds. The number of hydrogen-bond donors (Lipinski definition) is 2. The molecule has 2 fully saturated rings. The fraction of sp³-hybridized carbons (Fsp3) is 1.00. The SMILES string of the molecule is C[NH+](C)C[C@@]1(C[NH2+]C[C@H]2CCCO2)CCOC(C)(C)C1. The molecule has 2 atom stereocenters. The smallest absolute Gasteiger partial charge is 0.106 e. The Morgan fingerprint density at radius 3 is 2.65 bits per heavy atom. The van der Waals surface area contributed by atoms with Crippen molar-refractivity contribution in [1.29, 1.82) is 0 Å². The molecule has 4 nitrogen and oxygen atoms in total. The van der Waals surface area contributed by atoms with E-state index >= 15 is 0 Å². The number of nitrogens with one attached hydrogen (secondary N) is 1. The van der Waals surface area contributed by atoms with Gasteiger partial charge in [-0.1, -0.05) is 0 Å². The second-order valence-electron chi connectivity index (χ2n) is 7.78. The van der Waals surface area contributed by atoms with Crippen molar-refractivity contribution in [2.24, 2.45) is 5.41 Å². The van der Waals surface area contributed by atoms with Gasteiger partial charge in [-0.2, -0.15) is 0 Å². The summed E-state index contributed by atoms with van der Waals surface area (Å²) in [6, 6.07) is 0. The van der Waals surface area contributed by atoms with Crippen molar-refractivity contribution >= 4 is 0 Å². The molecule has 0 aromatic rings.